The number of rotatable bonds is 4. The Morgan fingerprint density at radius 3 is 2.55 bits per heavy atom. The van der Waals surface area contributed by atoms with Gasteiger partial charge in [-0.25, -0.2) is 0 Å². The molecule has 0 spiro atoms. The number of carbonyl (C=O) groups is 1. The Hall–Kier alpha value is -1.86. The van der Waals surface area contributed by atoms with E-state index in [4.69, 9.17) is 23.2 Å². The molecule has 0 atom stereocenters. The number of amides is 1. The lowest BCUT2D eigenvalue weighted by molar-refractivity contribution is -0.121. The van der Waals surface area contributed by atoms with Gasteiger partial charge < -0.3 is 9.88 Å². The van der Waals surface area contributed by atoms with Crippen molar-refractivity contribution < 1.29 is 4.79 Å². The van der Waals surface area contributed by atoms with Crippen molar-refractivity contribution in [2.24, 2.45) is 13.0 Å². The molecule has 0 bridgehead atoms. The van der Waals surface area contributed by atoms with Crippen molar-refractivity contribution in [2.45, 2.75) is 19.4 Å². The van der Waals surface area contributed by atoms with E-state index in [1.807, 2.05) is 36.4 Å². The van der Waals surface area contributed by atoms with Crippen LogP contribution in [0.5, 0.6) is 0 Å². The lowest BCUT2D eigenvalue weighted by Gasteiger charge is -2.31. The van der Waals surface area contributed by atoms with Crippen molar-refractivity contribution in [1.82, 2.24) is 9.47 Å². The van der Waals surface area contributed by atoms with Gasteiger partial charge in [0.1, 0.15) is 0 Å². The zero-order valence-electron chi connectivity index (χ0n) is 16.0. The van der Waals surface area contributed by atoms with Gasteiger partial charge >= 0.3 is 4.87 Å². The summed E-state index contributed by atoms with van der Waals surface area (Å²) in [4.78, 5) is 26.8. The molecular weight excluding hydrogens is 429 g/mol. The first kappa shape index (κ1) is 20.4. The van der Waals surface area contributed by atoms with E-state index in [2.05, 4.69) is 10.2 Å². The van der Waals surface area contributed by atoms with Crippen LogP contribution in [0.4, 0.5) is 5.69 Å². The van der Waals surface area contributed by atoms with Crippen molar-refractivity contribution in [1.29, 1.82) is 0 Å². The predicted octanol–water partition coefficient (Wildman–Crippen LogP) is 4.76. The van der Waals surface area contributed by atoms with Crippen LogP contribution in [0.1, 0.15) is 18.4 Å². The standard InChI is InChI=1S/C21H21Cl2N3O2S/c1-25-18-6-5-14(11-19(18)29-21(25)28)24-20(27)13-7-9-26(10-8-13)12-15-16(22)3-2-4-17(15)23/h2-6,11,13H,7-10,12H2,1H3,(H,24,27). The summed E-state index contributed by atoms with van der Waals surface area (Å²) in [6.07, 6.45) is 1.57. The minimum absolute atomic E-state index is 0.00512. The highest BCUT2D eigenvalue weighted by Gasteiger charge is 2.26. The van der Waals surface area contributed by atoms with Gasteiger partial charge in [-0.2, -0.15) is 0 Å². The molecule has 152 valence electrons. The van der Waals surface area contributed by atoms with Crippen LogP contribution >= 0.6 is 34.5 Å². The largest absolute Gasteiger partial charge is 0.326 e. The van der Waals surface area contributed by atoms with Gasteiger partial charge in [-0.15, -0.1) is 0 Å². The second-order valence-electron chi connectivity index (χ2n) is 7.35. The minimum Gasteiger partial charge on any atom is -0.326 e. The third-order valence-electron chi connectivity index (χ3n) is 5.46. The van der Waals surface area contributed by atoms with E-state index >= 15 is 0 Å². The van der Waals surface area contributed by atoms with Gasteiger partial charge in [0.05, 0.1) is 10.2 Å². The van der Waals surface area contributed by atoms with E-state index in [0.29, 0.717) is 16.6 Å². The Morgan fingerprint density at radius 1 is 1.17 bits per heavy atom. The van der Waals surface area contributed by atoms with E-state index in [-0.39, 0.29) is 16.7 Å². The monoisotopic (exact) mass is 449 g/mol. The van der Waals surface area contributed by atoms with Gasteiger partial charge in [0.25, 0.3) is 0 Å². The smallest absolute Gasteiger partial charge is 0.307 e. The summed E-state index contributed by atoms with van der Waals surface area (Å²) < 4.78 is 2.49. The lowest BCUT2D eigenvalue weighted by Crippen LogP contribution is -2.37. The summed E-state index contributed by atoms with van der Waals surface area (Å²) in [5.74, 6) is 0.00114. The number of aryl methyl sites for hydroxylation is 1. The molecule has 2 heterocycles. The molecule has 1 aliphatic rings. The molecule has 1 N–H and O–H groups in total. The molecule has 0 unspecified atom stereocenters. The van der Waals surface area contributed by atoms with E-state index in [1.165, 1.54) is 11.3 Å². The summed E-state index contributed by atoms with van der Waals surface area (Å²) in [5.41, 5.74) is 2.55. The van der Waals surface area contributed by atoms with Crippen molar-refractivity contribution >= 4 is 56.3 Å². The normalized spacial score (nSPS) is 15.7. The van der Waals surface area contributed by atoms with Crippen LogP contribution < -0.4 is 10.2 Å². The van der Waals surface area contributed by atoms with E-state index < -0.39 is 0 Å². The molecule has 0 aliphatic carbocycles. The molecule has 1 fully saturated rings. The maximum absolute atomic E-state index is 12.7. The number of fused-ring (bicyclic) bond motifs is 1. The molecule has 0 saturated carbocycles. The molecule has 3 aromatic rings. The summed E-state index contributed by atoms with van der Waals surface area (Å²) in [6.45, 7) is 2.33. The average Bonchev–Trinajstić information content (AvgIpc) is 2.98. The van der Waals surface area contributed by atoms with Crippen molar-refractivity contribution in [3.05, 3.63) is 61.7 Å². The van der Waals surface area contributed by atoms with Gasteiger partial charge in [-0.05, 0) is 56.3 Å². The van der Waals surface area contributed by atoms with E-state index in [1.54, 1.807) is 11.6 Å². The van der Waals surface area contributed by atoms with Crippen LogP contribution in [0.15, 0.2) is 41.2 Å². The number of nitrogens with one attached hydrogen (secondary N) is 1. The van der Waals surface area contributed by atoms with Crippen molar-refractivity contribution in [3.63, 3.8) is 0 Å². The number of piperidine rings is 1. The number of hydrogen-bond donors (Lipinski definition) is 1. The fourth-order valence-electron chi connectivity index (χ4n) is 3.72. The molecule has 1 amide bonds. The number of nitrogens with zero attached hydrogens (tertiary/aromatic N) is 2. The quantitative estimate of drug-likeness (QED) is 0.624. The van der Waals surface area contributed by atoms with Gasteiger partial charge in [0, 0.05) is 40.8 Å². The minimum atomic E-state index is -0.0295. The van der Waals surface area contributed by atoms with Gasteiger partial charge in [-0.3, -0.25) is 14.5 Å². The van der Waals surface area contributed by atoms with Crippen LogP contribution in [0.3, 0.4) is 0 Å². The molecule has 1 aliphatic heterocycles. The number of hydrogen-bond acceptors (Lipinski definition) is 4. The van der Waals surface area contributed by atoms with Crippen LogP contribution in [0.25, 0.3) is 10.2 Å². The Bertz CT molecular complexity index is 1100. The molecule has 5 nitrogen and oxygen atoms in total. The molecule has 0 radical (unpaired) electrons. The number of carbonyl (C=O) groups excluding carboxylic acids is 1. The van der Waals surface area contributed by atoms with Crippen LogP contribution in [-0.2, 0) is 18.4 Å². The summed E-state index contributed by atoms with van der Waals surface area (Å²) in [5, 5.41) is 4.36. The maximum Gasteiger partial charge on any atom is 0.307 e. The number of benzene rings is 2. The third-order valence-corrected chi connectivity index (χ3v) is 7.17. The highest BCUT2D eigenvalue weighted by molar-refractivity contribution is 7.16. The fourth-order valence-corrected chi connectivity index (χ4v) is 5.15. The summed E-state index contributed by atoms with van der Waals surface area (Å²) in [7, 11) is 1.75. The number of thiazole rings is 1. The Kier molecular flexibility index (Phi) is 5.97. The summed E-state index contributed by atoms with van der Waals surface area (Å²) in [6, 6.07) is 11.1. The maximum atomic E-state index is 12.7. The van der Waals surface area contributed by atoms with Crippen molar-refractivity contribution in [2.75, 3.05) is 18.4 Å². The van der Waals surface area contributed by atoms with Crippen LogP contribution in [0.2, 0.25) is 10.0 Å². The topological polar surface area (TPSA) is 54.3 Å². The predicted molar refractivity (Wildman–Crippen MR) is 120 cm³/mol. The van der Waals surface area contributed by atoms with Crippen molar-refractivity contribution in [3.8, 4) is 0 Å². The molecular formula is C21H21Cl2N3O2S. The van der Waals surface area contributed by atoms with E-state index in [0.717, 1.165) is 47.4 Å². The second kappa shape index (κ2) is 8.48. The zero-order valence-corrected chi connectivity index (χ0v) is 18.3. The molecule has 8 heteroatoms. The first-order valence-corrected chi connectivity index (χ1v) is 11.1. The average molecular weight is 450 g/mol. The Morgan fingerprint density at radius 2 is 1.86 bits per heavy atom. The highest BCUT2D eigenvalue weighted by Crippen LogP contribution is 2.28. The van der Waals surface area contributed by atoms with Crippen LogP contribution in [0, 0.1) is 5.92 Å². The number of aromatic nitrogens is 1. The lowest BCUT2D eigenvalue weighted by atomic mass is 9.95. The van der Waals surface area contributed by atoms with Gasteiger partial charge in [0.15, 0.2) is 0 Å². The molecule has 29 heavy (non-hydrogen) atoms. The number of halogens is 2. The summed E-state index contributed by atoms with van der Waals surface area (Å²) >= 11 is 13.7. The highest BCUT2D eigenvalue weighted by atomic mass is 35.5. The van der Waals surface area contributed by atoms with E-state index in [9.17, 15) is 9.59 Å². The Labute approximate surface area is 182 Å². The zero-order chi connectivity index (χ0) is 20.5. The first-order chi connectivity index (χ1) is 13.9. The molecule has 1 aromatic heterocycles. The van der Waals surface area contributed by atoms with Gasteiger partial charge in [-0.1, -0.05) is 40.6 Å². The Balaban J connectivity index is 1.36. The SMILES string of the molecule is Cn1c(=O)sc2cc(NC(=O)C3CCN(Cc4c(Cl)cccc4Cl)CC3)ccc21. The number of likely N-dealkylation sites (tertiary alicyclic amines) is 1. The molecule has 4 rings (SSSR count). The van der Waals surface area contributed by atoms with Gasteiger partial charge in [0.2, 0.25) is 5.91 Å². The molecule has 2 aromatic carbocycles. The second-order valence-corrected chi connectivity index (χ2v) is 9.16. The number of anilines is 1. The first-order valence-electron chi connectivity index (χ1n) is 9.48. The molecule has 1 saturated heterocycles. The fraction of sp³-hybridized carbons (Fsp3) is 0.333. The van der Waals surface area contributed by atoms with Crippen LogP contribution in [-0.4, -0.2) is 28.5 Å². The third kappa shape index (κ3) is 4.36.